The van der Waals surface area contributed by atoms with E-state index in [-0.39, 0.29) is 0 Å². The molecule has 2 saturated carbocycles. The van der Waals surface area contributed by atoms with E-state index in [2.05, 4.69) is 0 Å². The van der Waals surface area contributed by atoms with Gasteiger partial charge in [-0.15, -0.1) is 0 Å². The van der Waals surface area contributed by atoms with Crippen LogP contribution >= 0.6 is 0 Å². The van der Waals surface area contributed by atoms with Gasteiger partial charge in [0.1, 0.15) is 12.6 Å². The van der Waals surface area contributed by atoms with E-state index >= 15 is 0 Å². The van der Waals surface area contributed by atoms with Gasteiger partial charge in [0.2, 0.25) is 0 Å². The minimum atomic E-state index is -0.601. The number of hydrogen-bond donors (Lipinski definition) is 1. The molecule has 0 heterocycles. The standard InChI is InChI=1S/C14H24N2O2/c15-16(13(11-17)7-3-1-4-8-13)14(12-18)9-5-2-6-10-14/h11-12H,1-10,15H2. The lowest BCUT2D eigenvalue weighted by atomic mass is 9.75. The number of nitrogens with zero attached hydrogens (tertiary/aromatic N) is 1. The van der Waals surface area contributed by atoms with E-state index in [4.69, 9.17) is 5.84 Å². The van der Waals surface area contributed by atoms with E-state index in [1.807, 2.05) is 0 Å². The highest BCUT2D eigenvalue weighted by atomic mass is 16.1. The van der Waals surface area contributed by atoms with E-state index in [1.165, 1.54) is 0 Å². The Kier molecular flexibility index (Phi) is 4.17. The minimum absolute atomic E-state index is 0.601. The number of rotatable bonds is 4. The Hall–Kier alpha value is -0.740. The fourth-order valence-corrected chi connectivity index (χ4v) is 3.60. The van der Waals surface area contributed by atoms with Crippen molar-refractivity contribution in [1.82, 2.24) is 5.01 Å². The van der Waals surface area contributed by atoms with Crippen LogP contribution in [0.25, 0.3) is 0 Å². The number of carbonyl (C=O) groups is 2. The molecule has 2 N–H and O–H groups in total. The van der Waals surface area contributed by atoms with Crippen LogP contribution in [0.1, 0.15) is 64.2 Å². The lowest BCUT2D eigenvalue weighted by Gasteiger charge is -2.49. The summed E-state index contributed by atoms with van der Waals surface area (Å²) in [5, 5.41) is 1.64. The van der Waals surface area contributed by atoms with Crippen LogP contribution in [0.2, 0.25) is 0 Å². The summed E-state index contributed by atoms with van der Waals surface area (Å²) in [7, 11) is 0. The number of aldehydes is 2. The molecule has 0 aliphatic heterocycles. The summed E-state index contributed by atoms with van der Waals surface area (Å²) in [6, 6.07) is 0. The molecule has 18 heavy (non-hydrogen) atoms. The third kappa shape index (κ3) is 2.24. The first-order valence-electron chi connectivity index (χ1n) is 7.17. The maximum atomic E-state index is 11.6. The topological polar surface area (TPSA) is 63.4 Å². The number of carbonyl (C=O) groups excluding carboxylic acids is 2. The molecule has 102 valence electrons. The average molecular weight is 252 g/mol. The van der Waals surface area contributed by atoms with Crippen molar-refractivity contribution < 1.29 is 9.59 Å². The highest BCUT2D eigenvalue weighted by Gasteiger charge is 2.48. The zero-order valence-corrected chi connectivity index (χ0v) is 11.1. The van der Waals surface area contributed by atoms with Gasteiger partial charge >= 0.3 is 0 Å². The van der Waals surface area contributed by atoms with E-state index in [0.717, 1.165) is 76.8 Å². The molecule has 0 aromatic heterocycles. The van der Waals surface area contributed by atoms with Crippen LogP contribution in [-0.2, 0) is 9.59 Å². The fraction of sp³-hybridized carbons (Fsp3) is 0.857. The lowest BCUT2D eigenvalue weighted by molar-refractivity contribution is -0.138. The Morgan fingerprint density at radius 1 is 0.722 bits per heavy atom. The lowest BCUT2D eigenvalue weighted by Crippen LogP contribution is -2.67. The normalized spacial score (nSPS) is 26.8. The quantitative estimate of drug-likeness (QED) is 0.472. The molecular weight excluding hydrogens is 228 g/mol. The third-order valence-corrected chi connectivity index (χ3v) is 4.84. The highest BCUT2D eigenvalue weighted by Crippen LogP contribution is 2.39. The Morgan fingerprint density at radius 2 is 1.06 bits per heavy atom. The molecule has 2 aliphatic carbocycles. The maximum Gasteiger partial charge on any atom is 0.141 e. The second-order valence-electron chi connectivity index (χ2n) is 5.93. The smallest absolute Gasteiger partial charge is 0.141 e. The van der Waals surface area contributed by atoms with Gasteiger partial charge in [0.25, 0.3) is 0 Å². The van der Waals surface area contributed by atoms with Crippen molar-refractivity contribution in [2.45, 2.75) is 75.3 Å². The van der Waals surface area contributed by atoms with Crippen LogP contribution in [0.5, 0.6) is 0 Å². The van der Waals surface area contributed by atoms with Gasteiger partial charge in [-0.1, -0.05) is 38.5 Å². The average Bonchev–Trinajstić information content (AvgIpc) is 2.48. The van der Waals surface area contributed by atoms with Crippen molar-refractivity contribution in [2.24, 2.45) is 5.84 Å². The first-order valence-corrected chi connectivity index (χ1v) is 7.17. The molecule has 4 heteroatoms. The Labute approximate surface area is 109 Å². The molecule has 0 aromatic carbocycles. The van der Waals surface area contributed by atoms with Gasteiger partial charge in [-0.3, -0.25) is 5.84 Å². The van der Waals surface area contributed by atoms with E-state index in [0.29, 0.717) is 0 Å². The van der Waals surface area contributed by atoms with Crippen LogP contribution in [0.4, 0.5) is 0 Å². The molecule has 0 aromatic rings. The van der Waals surface area contributed by atoms with E-state index in [1.54, 1.807) is 5.01 Å². The number of hydrogen-bond acceptors (Lipinski definition) is 4. The predicted molar refractivity (Wildman–Crippen MR) is 69.8 cm³/mol. The molecule has 0 amide bonds. The zero-order valence-electron chi connectivity index (χ0n) is 11.1. The molecule has 0 unspecified atom stereocenters. The SMILES string of the molecule is NN(C1(C=O)CCCCC1)C1(C=O)CCCCC1. The van der Waals surface area contributed by atoms with Gasteiger partial charge in [-0.25, -0.2) is 5.01 Å². The maximum absolute atomic E-state index is 11.6. The van der Waals surface area contributed by atoms with E-state index in [9.17, 15) is 9.59 Å². The van der Waals surface area contributed by atoms with Gasteiger partial charge < -0.3 is 9.59 Å². The van der Waals surface area contributed by atoms with Crippen LogP contribution in [0, 0.1) is 0 Å². The first-order chi connectivity index (χ1) is 8.69. The van der Waals surface area contributed by atoms with Crippen molar-refractivity contribution in [2.75, 3.05) is 0 Å². The van der Waals surface area contributed by atoms with Gasteiger partial charge in [-0.05, 0) is 25.7 Å². The summed E-state index contributed by atoms with van der Waals surface area (Å²) in [6.07, 6.45) is 11.6. The molecule has 2 fully saturated rings. The highest BCUT2D eigenvalue weighted by molar-refractivity contribution is 5.70. The zero-order chi connectivity index (χ0) is 13.1. The summed E-state index contributed by atoms with van der Waals surface area (Å²) in [5.41, 5.74) is -1.20. The van der Waals surface area contributed by atoms with Crippen molar-refractivity contribution in [3.05, 3.63) is 0 Å². The Balaban J connectivity index is 2.22. The molecule has 0 atom stereocenters. The van der Waals surface area contributed by atoms with Crippen LogP contribution < -0.4 is 5.84 Å². The molecular formula is C14H24N2O2. The molecule has 2 aliphatic rings. The molecule has 0 saturated heterocycles. The van der Waals surface area contributed by atoms with Crippen molar-refractivity contribution >= 4 is 12.6 Å². The number of hydrazine groups is 1. The van der Waals surface area contributed by atoms with Gasteiger partial charge in [0, 0.05) is 0 Å². The van der Waals surface area contributed by atoms with Crippen LogP contribution in [0.3, 0.4) is 0 Å². The summed E-state index contributed by atoms with van der Waals surface area (Å²) < 4.78 is 0. The largest absolute Gasteiger partial charge is 0.301 e. The minimum Gasteiger partial charge on any atom is -0.301 e. The summed E-state index contributed by atoms with van der Waals surface area (Å²) in [5.74, 6) is 6.28. The molecule has 4 nitrogen and oxygen atoms in total. The van der Waals surface area contributed by atoms with E-state index < -0.39 is 11.1 Å². The summed E-state index contributed by atoms with van der Waals surface area (Å²) >= 11 is 0. The van der Waals surface area contributed by atoms with Gasteiger partial charge in [0.15, 0.2) is 0 Å². The molecule has 0 spiro atoms. The third-order valence-electron chi connectivity index (χ3n) is 4.84. The molecule has 0 bridgehead atoms. The van der Waals surface area contributed by atoms with Gasteiger partial charge in [-0.2, -0.15) is 0 Å². The monoisotopic (exact) mass is 252 g/mol. The Morgan fingerprint density at radius 3 is 1.33 bits per heavy atom. The summed E-state index contributed by atoms with van der Waals surface area (Å²) in [6.45, 7) is 0. The first kappa shape index (κ1) is 13.7. The second kappa shape index (κ2) is 5.49. The van der Waals surface area contributed by atoms with Gasteiger partial charge in [0.05, 0.1) is 11.1 Å². The fourth-order valence-electron chi connectivity index (χ4n) is 3.60. The van der Waals surface area contributed by atoms with Crippen LogP contribution in [-0.4, -0.2) is 28.7 Å². The number of nitrogens with two attached hydrogens (primary N) is 1. The molecule has 2 rings (SSSR count). The molecule has 0 radical (unpaired) electrons. The second-order valence-corrected chi connectivity index (χ2v) is 5.93. The van der Waals surface area contributed by atoms with Crippen molar-refractivity contribution in [3.63, 3.8) is 0 Å². The Bertz CT molecular complexity index is 275. The summed E-state index contributed by atoms with van der Waals surface area (Å²) in [4.78, 5) is 23.2. The van der Waals surface area contributed by atoms with Crippen molar-refractivity contribution in [1.29, 1.82) is 0 Å². The predicted octanol–water partition coefficient (Wildman–Crippen LogP) is 1.97. The van der Waals surface area contributed by atoms with Crippen LogP contribution in [0.15, 0.2) is 0 Å². The van der Waals surface area contributed by atoms with Crippen molar-refractivity contribution in [3.8, 4) is 0 Å².